The first-order chi connectivity index (χ1) is 14.9. The number of carbonyl (C=O) groups is 1. The van der Waals surface area contributed by atoms with Crippen LogP contribution in [0, 0.1) is 6.92 Å². The summed E-state index contributed by atoms with van der Waals surface area (Å²) < 4.78 is 29.2. The largest absolute Gasteiger partial charge is 0.348 e. The molecular weight excluding hydrogens is 414 g/mol. The van der Waals surface area contributed by atoms with Gasteiger partial charge in [0.15, 0.2) is 0 Å². The highest BCUT2D eigenvalue weighted by molar-refractivity contribution is 7.89. The molecule has 0 spiro atoms. The van der Waals surface area contributed by atoms with Crippen LogP contribution < -0.4 is 5.32 Å². The first-order valence-electron chi connectivity index (χ1n) is 10.3. The molecule has 1 fully saturated rings. The van der Waals surface area contributed by atoms with Crippen molar-refractivity contribution in [3.63, 3.8) is 0 Å². The topological polar surface area (TPSA) is 97.2 Å². The summed E-state index contributed by atoms with van der Waals surface area (Å²) >= 11 is 0. The summed E-state index contributed by atoms with van der Waals surface area (Å²) in [7, 11) is -3.59. The molecule has 3 heterocycles. The van der Waals surface area contributed by atoms with Crippen LogP contribution in [0.4, 0.5) is 0 Å². The monoisotopic (exact) mass is 439 g/mol. The van der Waals surface area contributed by atoms with Crippen molar-refractivity contribution in [2.24, 2.45) is 0 Å². The summed E-state index contributed by atoms with van der Waals surface area (Å²) in [5.74, 6) is 0.422. The third-order valence-corrected chi connectivity index (χ3v) is 7.33. The van der Waals surface area contributed by atoms with Crippen LogP contribution in [-0.2, 0) is 16.6 Å². The third-order valence-electron chi connectivity index (χ3n) is 5.44. The Balaban J connectivity index is 1.46. The summed E-state index contributed by atoms with van der Waals surface area (Å²) in [6.45, 7) is 3.14. The van der Waals surface area contributed by atoms with E-state index in [9.17, 15) is 13.2 Å². The second-order valence-electron chi connectivity index (χ2n) is 7.62. The molecule has 4 rings (SSSR count). The van der Waals surface area contributed by atoms with Crippen LogP contribution in [0.1, 0.15) is 40.7 Å². The van der Waals surface area contributed by atoms with E-state index in [1.54, 1.807) is 48.5 Å². The Labute approximate surface area is 182 Å². The second-order valence-corrected chi connectivity index (χ2v) is 9.56. The number of hydrogen-bond donors (Lipinski definition) is 1. The molecule has 162 valence electrons. The quantitative estimate of drug-likeness (QED) is 0.637. The normalized spacial score (nSPS) is 15.0. The average molecular weight is 440 g/mol. The van der Waals surface area contributed by atoms with Gasteiger partial charge in [-0.25, -0.2) is 18.4 Å². The van der Waals surface area contributed by atoms with Crippen molar-refractivity contribution >= 4 is 15.9 Å². The smallest absolute Gasteiger partial charge is 0.251 e. The maximum absolute atomic E-state index is 13.0. The average Bonchev–Trinajstić information content (AvgIpc) is 3.33. The number of aryl methyl sites for hydroxylation is 1. The highest BCUT2D eigenvalue weighted by Gasteiger charge is 2.27. The van der Waals surface area contributed by atoms with Crippen LogP contribution in [0.3, 0.4) is 0 Å². The van der Waals surface area contributed by atoms with Crippen molar-refractivity contribution in [1.29, 1.82) is 0 Å². The Bertz CT molecular complexity index is 1150. The van der Waals surface area contributed by atoms with Crippen molar-refractivity contribution in [3.8, 4) is 5.82 Å². The van der Waals surface area contributed by atoms with Gasteiger partial charge in [0.25, 0.3) is 5.91 Å². The summed E-state index contributed by atoms with van der Waals surface area (Å²) in [5.41, 5.74) is 1.93. The van der Waals surface area contributed by atoms with Crippen LogP contribution in [0.5, 0.6) is 0 Å². The molecule has 0 unspecified atom stereocenters. The summed E-state index contributed by atoms with van der Waals surface area (Å²) in [6.07, 6.45) is 9.62. The number of sulfonamides is 1. The number of rotatable bonds is 6. The molecule has 1 saturated heterocycles. The second kappa shape index (κ2) is 8.99. The molecule has 0 bridgehead atoms. The Morgan fingerprint density at radius 2 is 1.94 bits per heavy atom. The standard InChI is InChI=1S/C22H25N5O3S/c1-17-5-7-19(31(29,30)27-10-3-2-4-11-27)13-20(17)22(28)25-15-18-6-8-21(24-14-18)26-12-9-23-16-26/h5-9,12-14,16H,2-4,10-11,15H2,1H3,(H,25,28). The Kier molecular flexibility index (Phi) is 6.15. The Morgan fingerprint density at radius 1 is 1.13 bits per heavy atom. The minimum absolute atomic E-state index is 0.163. The van der Waals surface area contributed by atoms with Gasteiger partial charge in [-0.1, -0.05) is 18.6 Å². The zero-order valence-electron chi connectivity index (χ0n) is 17.4. The highest BCUT2D eigenvalue weighted by atomic mass is 32.2. The van der Waals surface area contributed by atoms with E-state index in [-0.39, 0.29) is 10.8 Å². The lowest BCUT2D eigenvalue weighted by atomic mass is 10.1. The van der Waals surface area contributed by atoms with Crippen LogP contribution in [0.25, 0.3) is 5.82 Å². The van der Waals surface area contributed by atoms with Crippen molar-refractivity contribution in [1.82, 2.24) is 24.2 Å². The van der Waals surface area contributed by atoms with E-state index >= 15 is 0 Å². The minimum Gasteiger partial charge on any atom is -0.348 e. The molecule has 1 aliphatic heterocycles. The molecule has 31 heavy (non-hydrogen) atoms. The molecule has 9 heteroatoms. The fraction of sp³-hybridized carbons (Fsp3) is 0.318. The molecule has 1 N–H and O–H groups in total. The van der Waals surface area contributed by atoms with E-state index in [2.05, 4.69) is 15.3 Å². The van der Waals surface area contributed by atoms with E-state index in [1.165, 1.54) is 10.4 Å². The van der Waals surface area contributed by atoms with Crippen molar-refractivity contribution < 1.29 is 13.2 Å². The summed E-state index contributed by atoms with van der Waals surface area (Å²) in [6, 6.07) is 8.48. The fourth-order valence-corrected chi connectivity index (χ4v) is 5.15. The van der Waals surface area contributed by atoms with Gasteiger partial charge in [-0.15, -0.1) is 0 Å². The molecule has 0 radical (unpaired) electrons. The molecule has 1 aliphatic rings. The fourth-order valence-electron chi connectivity index (χ4n) is 3.61. The number of benzene rings is 1. The number of carbonyl (C=O) groups excluding carboxylic acids is 1. The van der Waals surface area contributed by atoms with Gasteiger partial charge in [0, 0.05) is 43.8 Å². The van der Waals surface area contributed by atoms with Gasteiger partial charge in [0.2, 0.25) is 10.0 Å². The van der Waals surface area contributed by atoms with Crippen LogP contribution in [-0.4, -0.2) is 46.3 Å². The molecule has 3 aromatic rings. The van der Waals surface area contributed by atoms with Crippen LogP contribution >= 0.6 is 0 Å². The number of hydrogen-bond acceptors (Lipinski definition) is 5. The lowest BCUT2D eigenvalue weighted by Crippen LogP contribution is -2.35. The van der Waals surface area contributed by atoms with Crippen molar-refractivity contribution in [2.45, 2.75) is 37.6 Å². The number of pyridine rings is 1. The molecule has 8 nitrogen and oxygen atoms in total. The van der Waals surface area contributed by atoms with E-state index in [1.807, 2.05) is 12.1 Å². The van der Waals surface area contributed by atoms with Gasteiger partial charge in [0.1, 0.15) is 12.1 Å². The zero-order chi connectivity index (χ0) is 21.8. The summed E-state index contributed by atoms with van der Waals surface area (Å²) in [5, 5.41) is 2.86. The van der Waals surface area contributed by atoms with Gasteiger partial charge < -0.3 is 5.32 Å². The number of amides is 1. The first kappa shape index (κ1) is 21.2. The number of nitrogens with one attached hydrogen (secondary N) is 1. The SMILES string of the molecule is Cc1ccc(S(=O)(=O)N2CCCCC2)cc1C(=O)NCc1ccc(-n2ccnc2)nc1. The van der Waals surface area contributed by atoms with E-state index < -0.39 is 10.0 Å². The predicted molar refractivity (Wildman–Crippen MR) is 116 cm³/mol. The number of nitrogens with zero attached hydrogens (tertiary/aromatic N) is 4. The van der Waals surface area contributed by atoms with Gasteiger partial charge >= 0.3 is 0 Å². The Morgan fingerprint density at radius 3 is 2.61 bits per heavy atom. The molecule has 0 aliphatic carbocycles. The maximum Gasteiger partial charge on any atom is 0.251 e. The summed E-state index contributed by atoms with van der Waals surface area (Å²) in [4.78, 5) is 21.3. The molecule has 1 amide bonds. The van der Waals surface area contributed by atoms with E-state index in [0.717, 1.165) is 36.2 Å². The third kappa shape index (κ3) is 4.67. The van der Waals surface area contributed by atoms with Gasteiger partial charge in [-0.3, -0.25) is 9.36 Å². The molecular formula is C22H25N5O3S. The lowest BCUT2D eigenvalue weighted by molar-refractivity contribution is 0.0950. The number of piperidine rings is 1. The van der Waals surface area contributed by atoms with Crippen molar-refractivity contribution in [3.05, 3.63) is 71.9 Å². The molecule has 2 aromatic heterocycles. The lowest BCUT2D eigenvalue weighted by Gasteiger charge is -2.26. The van der Waals surface area contributed by atoms with Gasteiger partial charge in [-0.2, -0.15) is 4.31 Å². The van der Waals surface area contributed by atoms with Crippen molar-refractivity contribution in [2.75, 3.05) is 13.1 Å². The van der Waals surface area contributed by atoms with Gasteiger partial charge in [-0.05, 0) is 49.1 Å². The predicted octanol–water partition coefficient (Wildman–Crippen LogP) is 2.68. The van der Waals surface area contributed by atoms with Crippen LogP contribution in [0.2, 0.25) is 0 Å². The molecule has 0 atom stereocenters. The molecule has 0 saturated carbocycles. The molecule has 1 aromatic carbocycles. The van der Waals surface area contributed by atoms with Gasteiger partial charge in [0.05, 0.1) is 4.90 Å². The maximum atomic E-state index is 13.0. The van der Waals surface area contributed by atoms with E-state index in [4.69, 9.17) is 0 Å². The highest BCUT2D eigenvalue weighted by Crippen LogP contribution is 2.23. The number of imidazole rings is 1. The minimum atomic E-state index is -3.59. The van der Waals surface area contributed by atoms with Crippen LogP contribution in [0.15, 0.2) is 60.1 Å². The number of aromatic nitrogens is 3. The van der Waals surface area contributed by atoms with E-state index in [0.29, 0.717) is 25.2 Å². The Hall–Kier alpha value is -3.04. The zero-order valence-corrected chi connectivity index (χ0v) is 18.2. The first-order valence-corrected chi connectivity index (χ1v) is 11.7.